The summed E-state index contributed by atoms with van der Waals surface area (Å²) in [6, 6.07) is 5.99. The summed E-state index contributed by atoms with van der Waals surface area (Å²) in [4.78, 5) is 0. The zero-order valence-electron chi connectivity index (χ0n) is 8.12. The SMILES string of the molecule is COc1c(N)n[nH]c1-c1ccc(F)cc1. The van der Waals surface area contributed by atoms with E-state index >= 15 is 0 Å². The van der Waals surface area contributed by atoms with Crippen molar-refractivity contribution in [3.8, 4) is 17.0 Å². The number of methoxy groups -OCH3 is 1. The maximum absolute atomic E-state index is 12.7. The Bertz CT molecular complexity index is 464. The number of rotatable bonds is 2. The maximum atomic E-state index is 12.7. The quantitative estimate of drug-likeness (QED) is 0.789. The average molecular weight is 207 g/mol. The molecule has 0 saturated heterocycles. The van der Waals surface area contributed by atoms with E-state index in [1.54, 1.807) is 12.1 Å². The third-order valence-electron chi connectivity index (χ3n) is 2.08. The molecule has 0 aliphatic carbocycles. The molecular weight excluding hydrogens is 197 g/mol. The van der Waals surface area contributed by atoms with Crippen LogP contribution in [-0.2, 0) is 0 Å². The van der Waals surface area contributed by atoms with Crippen molar-refractivity contribution in [2.45, 2.75) is 0 Å². The van der Waals surface area contributed by atoms with Gasteiger partial charge in [-0.25, -0.2) is 4.39 Å². The van der Waals surface area contributed by atoms with E-state index in [0.29, 0.717) is 11.4 Å². The summed E-state index contributed by atoms with van der Waals surface area (Å²) in [6.07, 6.45) is 0. The molecule has 0 saturated carbocycles. The highest BCUT2D eigenvalue weighted by atomic mass is 19.1. The standard InChI is InChI=1S/C10H10FN3O/c1-15-9-8(13-14-10(9)12)6-2-4-7(11)5-3-6/h2-5H,1H3,(H3,12,13,14). The van der Waals surface area contributed by atoms with Crippen LogP contribution in [0.3, 0.4) is 0 Å². The molecule has 0 atom stereocenters. The van der Waals surface area contributed by atoms with Crippen LogP contribution in [0.4, 0.5) is 10.2 Å². The zero-order chi connectivity index (χ0) is 10.8. The van der Waals surface area contributed by atoms with Gasteiger partial charge in [-0.3, -0.25) is 5.10 Å². The number of aromatic nitrogens is 2. The van der Waals surface area contributed by atoms with Gasteiger partial charge in [0.2, 0.25) is 0 Å². The Hall–Kier alpha value is -2.04. The first-order chi connectivity index (χ1) is 7.22. The van der Waals surface area contributed by atoms with Crippen LogP contribution >= 0.6 is 0 Å². The number of nitrogens with one attached hydrogen (secondary N) is 1. The summed E-state index contributed by atoms with van der Waals surface area (Å²) in [5.41, 5.74) is 7.00. The molecule has 0 fully saturated rings. The molecule has 0 spiro atoms. The third-order valence-corrected chi connectivity index (χ3v) is 2.08. The molecule has 0 bridgehead atoms. The van der Waals surface area contributed by atoms with E-state index in [0.717, 1.165) is 5.56 Å². The van der Waals surface area contributed by atoms with Gasteiger partial charge in [0.1, 0.15) is 11.5 Å². The minimum absolute atomic E-state index is 0.287. The van der Waals surface area contributed by atoms with E-state index in [2.05, 4.69) is 10.2 Å². The number of hydrogen-bond acceptors (Lipinski definition) is 3. The number of nitrogens with two attached hydrogens (primary N) is 1. The number of nitrogens with zero attached hydrogens (tertiary/aromatic N) is 1. The van der Waals surface area contributed by atoms with Gasteiger partial charge in [-0.15, -0.1) is 0 Å². The molecule has 0 aliphatic rings. The molecule has 0 aliphatic heterocycles. The Labute approximate surface area is 85.9 Å². The van der Waals surface area contributed by atoms with E-state index in [9.17, 15) is 4.39 Å². The molecule has 1 heterocycles. The van der Waals surface area contributed by atoms with Gasteiger partial charge in [0.15, 0.2) is 11.6 Å². The van der Waals surface area contributed by atoms with Crippen molar-refractivity contribution in [3.05, 3.63) is 30.1 Å². The van der Waals surface area contributed by atoms with E-state index in [1.807, 2.05) is 0 Å². The Morgan fingerprint density at radius 1 is 1.33 bits per heavy atom. The van der Waals surface area contributed by atoms with Crippen molar-refractivity contribution in [1.29, 1.82) is 0 Å². The fourth-order valence-electron chi connectivity index (χ4n) is 1.36. The van der Waals surface area contributed by atoms with Crippen LogP contribution in [0.1, 0.15) is 0 Å². The van der Waals surface area contributed by atoms with Crippen LogP contribution < -0.4 is 10.5 Å². The molecular formula is C10H10FN3O. The molecule has 1 aromatic carbocycles. The van der Waals surface area contributed by atoms with Crippen LogP contribution in [-0.4, -0.2) is 17.3 Å². The molecule has 3 N–H and O–H groups in total. The minimum atomic E-state index is -0.287. The van der Waals surface area contributed by atoms with Crippen molar-refractivity contribution >= 4 is 5.82 Å². The van der Waals surface area contributed by atoms with E-state index in [4.69, 9.17) is 10.5 Å². The van der Waals surface area contributed by atoms with Gasteiger partial charge in [-0.1, -0.05) is 0 Å². The lowest BCUT2D eigenvalue weighted by Gasteiger charge is -2.02. The van der Waals surface area contributed by atoms with Crippen molar-refractivity contribution < 1.29 is 9.13 Å². The fourth-order valence-corrected chi connectivity index (χ4v) is 1.36. The lowest BCUT2D eigenvalue weighted by Crippen LogP contribution is -1.90. The molecule has 5 heteroatoms. The average Bonchev–Trinajstić information content (AvgIpc) is 2.61. The van der Waals surface area contributed by atoms with Crippen LogP contribution in [0.25, 0.3) is 11.3 Å². The molecule has 2 aromatic rings. The Morgan fingerprint density at radius 3 is 2.60 bits per heavy atom. The molecule has 0 unspecified atom stereocenters. The predicted molar refractivity (Wildman–Crippen MR) is 54.9 cm³/mol. The van der Waals surface area contributed by atoms with Crippen LogP contribution in [0.2, 0.25) is 0 Å². The van der Waals surface area contributed by atoms with Crippen LogP contribution in [0.5, 0.6) is 5.75 Å². The molecule has 15 heavy (non-hydrogen) atoms. The number of benzene rings is 1. The van der Waals surface area contributed by atoms with Gasteiger partial charge >= 0.3 is 0 Å². The summed E-state index contributed by atoms with van der Waals surface area (Å²) >= 11 is 0. The van der Waals surface area contributed by atoms with Gasteiger partial charge < -0.3 is 10.5 Å². The normalized spacial score (nSPS) is 10.3. The van der Waals surface area contributed by atoms with E-state index < -0.39 is 0 Å². The third kappa shape index (κ3) is 1.63. The van der Waals surface area contributed by atoms with Gasteiger partial charge in [0, 0.05) is 5.56 Å². The van der Waals surface area contributed by atoms with Crippen molar-refractivity contribution in [3.63, 3.8) is 0 Å². The minimum Gasteiger partial charge on any atom is -0.491 e. The fraction of sp³-hybridized carbons (Fsp3) is 0.100. The number of hydrogen-bond donors (Lipinski definition) is 2. The van der Waals surface area contributed by atoms with Crippen molar-refractivity contribution in [1.82, 2.24) is 10.2 Å². The van der Waals surface area contributed by atoms with Gasteiger partial charge in [-0.05, 0) is 24.3 Å². The number of ether oxygens (including phenoxy) is 1. The molecule has 4 nitrogen and oxygen atoms in total. The van der Waals surface area contributed by atoms with E-state index in [-0.39, 0.29) is 11.6 Å². The largest absolute Gasteiger partial charge is 0.491 e. The second-order valence-electron chi connectivity index (χ2n) is 3.02. The second kappa shape index (κ2) is 3.61. The first-order valence-electron chi connectivity index (χ1n) is 4.36. The van der Waals surface area contributed by atoms with Crippen molar-refractivity contribution in [2.75, 3.05) is 12.8 Å². The number of halogens is 1. The smallest absolute Gasteiger partial charge is 0.188 e. The molecule has 0 radical (unpaired) electrons. The summed E-state index contributed by atoms with van der Waals surface area (Å²) in [6.45, 7) is 0. The number of H-pyrrole nitrogens is 1. The Kier molecular flexibility index (Phi) is 2.29. The lowest BCUT2D eigenvalue weighted by atomic mass is 10.1. The first kappa shape index (κ1) is 9.51. The Morgan fingerprint density at radius 2 is 2.00 bits per heavy atom. The van der Waals surface area contributed by atoms with E-state index in [1.165, 1.54) is 19.2 Å². The number of aromatic amines is 1. The summed E-state index contributed by atoms with van der Waals surface area (Å²) < 4.78 is 17.8. The number of anilines is 1. The molecule has 2 rings (SSSR count). The summed E-state index contributed by atoms with van der Waals surface area (Å²) in [5.74, 6) is 0.476. The zero-order valence-corrected chi connectivity index (χ0v) is 8.12. The highest BCUT2D eigenvalue weighted by molar-refractivity contribution is 5.72. The highest BCUT2D eigenvalue weighted by Gasteiger charge is 2.12. The molecule has 78 valence electrons. The van der Waals surface area contributed by atoms with Crippen molar-refractivity contribution in [2.24, 2.45) is 0 Å². The topological polar surface area (TPSA) is 63.9 Å². The first-order valence-corrected chi connectivity index (χ1v) is 4.36. The molecule has 0 amide bonds. The predicted octanol–water partition coefficient (Wildman–Crippen LogP) is 1.81. The summed E-state index contributed by atoms with van der Waals surface area (Å²) in [5, 5.41) is 6.56. The van der Waals surface area contributed by atoms with Gasteiger partial charge in [0.25, 0.3) is 0 Å². The summed E-state index contributed by atoms with van der Waals surface area (Å²) in [7, 11) is 1.51. The number of nitrogen functional groups attached to an aromatic ring is 1. The van der Waals surface area contributed by atoms with Crippen LogP contribution in [0, 0.1) is 5.82 Å². The van der Waals surface area contributed by atoms with Gasteiger partial charge in [0.05, 0.1) is 7.11 Å². The Balaban J connectivity index is 2.49. The van der Waals surface area contributed by atoms with Gasteiger partial charge in [-0.2, -0.15) is 5.10 Å². The second-order valence-corrected chi connectivity index (χ2v) is 3.02. The maximum Gasteiger partial charge on any atom is 0.188 e. The highest BCUT2D eigenvalue weighted by Crippen LogP contribution is 2.31. The molecule has 1 aromatic heterocycles. The lowest BCUT2D eigenvalue weighted by molar-refractivity contribution is 0.419. The van der Waals surface area contributed by atoms with Crippen LogP contribution in [0.15, 0.2) is 24.3 Å². The monoisotopic (exact) mass is 207 g/mol.